The molecule has 1 aromatic heterocycles. The molecule has 4 aromatic rings. The van der Waals surface area contributed by atoms with E-state index >= 15 is 0 Å². The summed E-state index contributed by atoms with van der Waals surface area (Å²) >= 11 is 1.58. The number of rotatable bonds is 10. The fourth-order valence-corrected chi connectivity index (χ4v) is 4.91. The highest BCUT2D eigenvalue weighted by atomic mass is 32.1. The Kier molecular flexibility index (Phi) is 8.15. The number of amides is 1. The topological polar surface area (TPSA) is 113 Å². The van der Waals surface area contributed by atoms with Gasteiger partial charge in [-0.15, -0.1) is 11.3 Å². The summed E-state index contributed by atoms with van der Waals surface area (Å²) in [5, 5.41) is 8.46. The molecule has 0 fully saturated rings. The van der Waals surface area contributed by atoms with Crippen LogP contribution in [0.5, 0.6) is 0 Å². The number of nitrogen functional groups attached to an aromatic ring is 1. The number of anilines is 2. The molecular weight excluding hydrogens is 486 g/mol. The first kappa shape index (κ1) is 25.8. The monoisotopic (exact) mass is 515 g/mol. The number of nitrogens with zero attached hydrogens (tertiary/aromatic N) is 3. The van der Waals surface area contributed by atoms with Crippen molar-refractivity contribution in [2.75, 3.05) is 30.0 Å². The van der Waals surface area contributed by atoms with Crippen molar-refractivity contribution in [3.05, 3.63) is 88.9 Å². The number of carbonyl (C=O) groups is 2. The number of thiazole rings is 1. The zero-order chi connectivity index (χ0) is 26.4. The molecule has 3 aromatic carbocycles. The van der Waals surface area contributed by atoms with Crippen LogP contribution in [0.25, 0.3) is 10.2 Å². The molecule has 9 heteroatoms. The van der Waals surface area contributed by atoms with Gasteiger partial charge in [-0.3, -0.25) is 15.0 Å². The van der Waals surface area contributed by atoms with E-state index in [9.17, 15) is 9.59 Å². The summed E-state index contributed by atoms with van der Waals surface area (Å²) in [6, 6.07) is 22.3. The molecule has 0 radical (unpaired) electrons. The molecule has 8 nitrogen and oxygen atoms in total. The Labute approximate surface area is 219 Å². The Bertz CT molecular complexity index is 1400. The van der Waals surface area contributed by atoms with Crippen molar-refractivity contribution in [2.45, 2.75) is 19.9 Å². The zero-order valence-corrected chi connectivity index (χ0v) is 21.6. The van der Waals surface area contributed by atoms with Gasteiger partial charge in [0.2, 0.25) is 0 Å². The lowest BCUT2D eigenvalue weighted by Crippen LogP contribution is -2.33. The van der Waals surface area contributed by atoms with Crippen LogP contribution < -0.4 is 15.5 Å². The number of nitrogens with one attached hydrogen (secondary N) is 1. The van der Waals surface area contributed by atoms with E-state index in [1.165, 1.54) is 0 Å². The normalized spacial score (nSPS) is 10.8. The smallest absolute Gasteiger partial charge is 0.307 e. The minimum atomic E-state index is -0.337. The fraction of sp³-hybridized carbons (Fsp3) is 0.214. The van der Waals surface area contributed by atoms with E-state index in [4.69, 9.17) is 20.9 Å². The molecule has 1 amide bonds. The summed E-state index contributed by atoms with van der Waals surface area (Å²) in [6.45, 7) is 2.88. The van der Waals surface area contributed by atoms with Gasteiger partial charge in [-0.2, -0.15) is 0 Å². The van der Waals surface area contributed by atoms with E-state index in [-0.39, 0.29) is 30.7 Å². The van der Waals surface area contributed by atoms with Crippen molar-refractivity contribution >= 4 is 50.6 Å². The molecule has 4 rings (SSSR count). The molecule has 0 aliphatic heterocycles. The predicted molar refractivity (Wildman–Crippen MR) is 149 cm³/mol. The lowest BCUT2D eigenvalue weighted by molar-refractivity contribution is -0.142. The van der Waals surface area contributed by atoms with Crippen molar-refractivity contribution in [3.8, 4) is 0 Å². The number of benzene rings is 3. The molecule has 0 unspecified atom stereocenters. The minimum absolute atomic E-state index is 0.0393. The van der Waals surface area contributed by atoms with Crippen LogP contribution in [0.2, 0.25) is 0 Å². The van der Waals surface area contributed by atoms with Crippen LogP contribution in [0.15, 0.2) is 72.8 Å². The molecule has 3 N–H and O–H groups in total. The third-order valence-electron chi connectivity index (χ3n) is 5.83. The highest BCUT2D eigenvalue weighted by molar-refractivity contribution is 7.18. The standard InChI is InChI=1S/C28H29N5O3S/c1-3-36-26(34)15-16-33(22-7-5-4-6-8-22)28(35)20-11-14-24-23(17-20)31-25(37-24)18-32(2)21-12-9-19(10-13-21)27(29)30/h4-14,17H,3,15-16,18H2,1-2H3,(H3,29,30). The Hall–Kier alpha value is -4.24. The third-order valence-corrected chi connectivity index (χ3v) is 6.85. The molecule has 0 atom stereocenters. The van der Waals surface area contributed by atoms with Crippen LogP contribution in [0, 0.1) is 5.41 Å². The number of hydrogen-bond donors (Lipinski definition) is 2. The van der Waals surface area contributed by atoms with Gasteiger partial charge >= 0.3 is 5.97 Å². The second-order valence-corrected chi connectivity index (χ2v) is 9.57. The maximum Gasteiger partial charge on any atom is 0.307 e. The van der Waals surface area contributed by atoms with Gasteiger partial charge in [0, 0.05) is 36.1 Å². The largest absolute Gasteiger partial charge is 0.466 e. The molecule has 37 heavy (non-hydrogen) atoms. The third kappa shape index (κ3) is 6.31. The molecule has 0 saturated heterocycles. The maximum atomic E-state index is 13.5. The summed E-state index contributed by atoms with van der Waals surface area (Å²) in [7, 11) is 1.98. The van der Waals surface area contributed by atoms with Gasteiger partial charge in [0.15, 0.2) is 0 Å². The number of amidine groups is 1. The molecule has 0 saturated carbocycles. The van der Waals surface area contributed by atoms with Gasteiger partial charge < -0.3 is 20.3 Å². The highest BCUT2D eigenvalue weighted by Crippen LogP contribution is 2.27. The van der Waals surface area contributed by atoms with Gasteiger partial charge in [-0.25, -0.2) is 4.98 Å². The van der Waals surface area contributed by atoms with E-state index in [1.54, 1.807) is 35.3 Å². The Balaban J connectivity index is 1.53. The molecule has 1 heterocycles. The summed E-state index contributed by atoms with van der Waals surface area (Å²) < 4.78 is 6.04. The van der Waals surface area contributed by atoms with Gasteiger partial charge in [0.1, 0.15) is 10.8 Å². The number of fused-ring (bicyclic) bond motifs is 1. The minimum Gasteiger partial charge on any atom is -0.466 e. The summed E-state index contributed by atoms with van der Waals surface area (Å²) in [4.78, 5) is 33.9. The van der Waals surface area contributed by atoms with Crippen LogP contribution in [0.4, 0.5) is 11.4 Å². The summed E-state index contributed by atoms with van der Waals surface area (Å²) in [5.41, 5.74) is 9.19. The molecule has 0 spiro atoms. The summed E-state index contributed by atoms with van der Waals surface area (Å²) in [5.74, 6) is -0.497. The van der Waals surface area contributed by atoms with Crippen LogP contribution in [-0.4, -0.2) is 42.9 Å². The van der Waals surface area contributed by atoms with Crippen LogP contribution >= 0.6 is 11.3 Å². The van der Waals surface area contributed by atoms with Crippen LogP contribution in [-0.2, 0) is 16.1 Å². The average molecular weight is 516 g/mol. The first-order chi connectivity index (χ1) is 17.9. The maximum absolute atomic E-state index is 13.5. The summed E-state index contributed by atoms with van der Waals surface area (Å²) in [6.07, 6.45) is 0.108. The van der Waals surface area contributed by atoms with Crippen LogP contribution in [0.3, 0.4) is 0 Å². The van der Waals surface area contributed by atoms with Crippen molar-refractivity contribution in [3.63, 3.8) is 0 Å². The van der Waals surface area contributed by atoms with E-state index in [0.29, 0.717) is 30.0 Å². The van der Waals surface area contributed by atoms with Crippen molar-refractivity contribution < 1.29 is 14.3 Å². The highest BCUT2D eigenvalue weighted by Gasteiger charge is 2.20. The molecule has 0 aliphatic rings. The quantitative estimate of drug-likeness (QED) is 0.178. The van der Waals surface area contributed by atoms with E-state index in [1.807, 2.05) is 67.7 Å². The fourth-order valence-electron chi connectivity index (χ4n) is 3.91. The Morgan fingerprint density at radius 1 is 1.00 bits per heavy atom. The number of ether oxygens (including phenoxy) is 1. The first-order valence-electron chi connectivity index (χ1n) is 11.9. The van der Waals surface area contributed by atoms with Crippen molar-refractivity contribution in [2.24, 2.45) is 5.73 Å². The van der Waals surface area contributed by atoms with Crippen molar-refractivity contribution in [1.82, 2.24) is 4.98 Å². The van der Waals surface area contributed by atoms with Crippen LogP contribution in [0.1, 0.15) is 34.3 Å². The second-order valence-electron chi connectivity index (χ2n) is 8.45. The van der Waals surface area contributed by atoms with Gasteiger partial charge in [-0.1, -0.05) is 18.2 Å². The lowest BCUT2D eigenvalue weighted by atomic mass is 10.1. The van der Waals surface area contributed by atoms with Gasteiger partial charge in [0.25, 0.3) is 5.91 Å². The molecule has 0 aliphatic carbocycles. The van der Waals surface area contributed by atoms with E-state index < -0.39 is 0 Å². The zero-order valence-electron chi connectivity index (χ0n) is 20.8. The predicted octanol–water partition coefficient (Wildman–Crippen LogP) is 4.82. The Morgan fingerprint density at radius 2 is 1.70 bits per heavy atom. The van der Waals surface area contributed by atoms with E-state index in [2.05, 4.69) is 4.90 Å². The molecule has 190 valence electrons. The van der Waals surface area contributed by atoms with Gasteiger partial charge in [0.05, 0.1) is 29.8 Å². The second kappa shape index (κ2) is 11.7. The number of esters is 1. The van der Waals surface area contributed by atoms with Gasteiger partial charge in [-0.05, 0) is 61.5 Å². The Morgan fingerprint density at radius 3 is 2.38 bits per heavy atom. The van der Waals surface area contributed by atoms with Crippen molar-refractivity contribution in [1.29, 1.82) is 5.41 Å². The number of carbonyl (C=O) groups excluding carboxylic acids is 2. The average Bonchev–Trinajstić information content (AvgIpc) is 3.31. The number of para-hydroxylation sites is 1. The number of hydrogen-bond acceptors (Lipinski definition) is 7. The lowest BCUT2D eigenvalue weighted by Gasteiger charge is -2.22. The number of aromatic nitrogens is 1. The SMILES string of the molecule is CCOC(=O)CCN(C(=O)c1ccc2sc(CN(C)c3ccc(C(=N)N)cc3)nc2c1)c1ccccc1. The first-order valence-corrected chi connectivity index (χ1v) is 12.7. The molecular formula is C28H29N5O3S. The van der Waals surface area contributed by atoms with E-state index in [0.717, 1.165) is 20.9 Å². The number of nitrogens with two attached hydrogens (primary N) is 1. The molecule has 0 bridgehead atoms.